The molecule has 0 atom stereocenters. The minimum absolute atomic E-state index is 0.0185. The Bertz CT molecular complexity index is 1880. The van der Waals surface area contributed by atoms with Crippen LogP contribution in [0.3, 0.4) is 0 Å². The maximum atomic E-state index is 13.8. The number of nitrogens with zero attached hydrogens (tertiary/aromatic N) is 1. The lowest BCUT2D eigenvalue weighted by molar-refractivity contribution is -0.168. The maximum absolute atomic E-state index is 13.8. The van der Waals surface area contributed by atoms with Gasteiger partial charge in [-0.05, 0) is 187 Å². The monoisotopic (exact) mass is 916 g/mol. The van der Waals surface area contributed by atoms with Crippen LogP contribution in [-0.4, -0.2) is 117 Å². The first-order valence-corrected chi connectivity index (χ1v) is 24.9. The molecule has 66 heavy (non-hydrogen) atoms. The molecule has 13 nitrogen and oxygen atoms in total. The second-order valence-corrected chi connectivity index (χ2v) is 21.6. The van der Waals surface area contributed by atoms with E-state index in [1.165, 1.54) is 0 Å². The van der Waals surface area contributed by atoms with E-state index in [0.717, 1.165) is 132 Å². The molecule has 0 radical (unpaired) electrons. The van der Waals surface area contributed by atoms with Crippen LogP contribution in [-0.2, 0) is 57.5 Å². The van der Waals surface area contributed by atoms with Crippen molar-refractivity contribution in [2.45, 2.75) is 149 Å². The lowest BCUT2D eigenvalue weighted by Crippen LogP contribution is -2.46. The molecule has 4 saturated heterocycles. The summed E-state index contributed by atoms with van der Waals surface area (Å²) in [5.74, 6) is -0.375. The van der Waals surface area contributed by atoms with Gasteiger partial charge in [-0.2, -0.15) is 0 Å². The Morgan fingerprint density at radius 3 is 1.14 bits per heavy atom. The van der Waals surface area contributed by atoms with E-state index >= 15 is 0 Å². The zero-order valence-corrected chi connectivity index (χ0v) is 41.4. The molecule has 13 heteroatoms. The molecular formula is C53H81N5O8. The first-order valence-electron chi connectivity index (χ1n) is 24.9. The van der Waals surface area contributed by atoms with Crippen LogP contribution in [0.2, 0.25) is 0 Å². The summed E-state index contributed by atoms with van der Waals surface area (Å²) in [7, 11) is 0. The maximum Gasteiger partial charge on any atom is 0.320 e. The quantitative estimate of drug-likeness (QED) is 0.0893. The number of benzene rings is 2. The Balaban J connectivity index is 1.19. The van der Waals surface area contributed by atoms with Crippen LogP contribution in [0.25, 0.3) is 11.1 Å². The second-order valence-electron chi connectivity index (χ2n) is 21.6. The van der Waals surface area contributed by atoms with Crippen molar-refractivity contribution in [2.24, 2.45) is 23.7 Å². The van der Waals surface area contributed by atoms with Crippen LogP contribution in [0.15, 0.2) is 42.5 Å². The summed E-state index contributed by atoms with van der Waals surface area (Å²) < 4.78 is 24.7. The van der Waals surface area contributed by atoms with Gasteiger partial charge in [-0.25, -0.2) is 0 Å². The number of carbonyl (C=O) groups is 4. The molecule has 0 unspecified atom stereocenters. The van der Waals surface area contributed by atoms with Crippen LogP contribution in [0.4, 0.5) is 0 Å². The van der Waals surface area contributed by atoms with Crippen molar-refractivity contribution in [3.05, 3.63) is 59.2 Å². The van der Waals surface area contributed by atoms with Crippen molar-refractivity contribution >= 4 is 23.9 Å². The average molecular weight is 916 g/mol. The average Bonchev–Trinajstić information content (AvgIpc) is 3.27. The van der Waals surface area contributed by atoms with Crippen LogP contribution in [0.1, 0.15) is 123 Å². The van der Waals surface area contributed by atoms with E-state index in [1.54, 1.807) is 0 Å². The van der Waals surface area contributed by atoms with Gasteiger partial charge in [-0.15, -0.1) is 0 Å². The summed E-state index contributed by atoms with van der Waals surface area (Å²) in [4.78, 5) is 56.5. The molecule has 4 N–H and O–H groups in total. The molecule has 366 valence electrons. The van der Waals surface area contributed by atoms with Crippen molar-refractivity contribution in [2.75, 3.05) is 65.4 Å². The lowest BCUT2D eigenvalue weighted by Gasteiger charge is -2.38. The van der Waals surface area contributed by atoms with Crippen LogP contribution in [0, 0.1) is 23.7 Å². The molecule has 2 aromatic carbocycles. The summed E-state index contributed by atoms with van der Waals surface area (Å²) in [5, 5.41) is 13.6. The Labute approximate surface area is 394 Å². The molecule has 0 amide bonds. The zero-order chi connectivity index (χ0) is 47.5. The number of esters is 4. The molecule has 0 spiro atoms. The van der Waals surface area contributed by atoms with Crippen molar-refractivity contribution in [1.82, 2.24) is 26.2 Å². The van der Waals surface area contributed by atoms with Gasteiger partial charge in [0.1, 0.15) is 22.4 Å². The van der Waals surface area contributed by atoms with Crippen LogP contribution in [0.5, 0.6) is 0 Å². The number of piperidine rings is 4. The topological polar surface area (TPSA) is 157 Å². The van der Waals surface area contributed by atoms with E-state index in [0.29, 0.717) is 6.54 Å². The third-order valence-electron chi connectivity index (χ3n) is 15.1. The predicted molar refractivity (Wildman–Crippen MR) is 258 cm³/mol. The summed E-state index contributed by atoms with van der Waals surface area (Å²) in [6, 6.07) is 13.9. The summed E-state index contributed by atoms with van der Waals surface area (Å²) in [5.41, 5.74) is 1.67. The predicted octanol–water partition coefficient (Wildman–Crippen LogP) is 6.53. The standard InChI is InChI=1S/C53H81N5O8/c1-50(2,42-15-23-54-24-16-42)63-46(59)32-40-14-13-39(31-41(40)33-47(60)64-51(3,4)43-17-25-55-26-18-43)38-11-9-37(10-12-38)34-58(35-48(61)65-52(5,6)44-19-27-56-28-20-44)36-49(62)66-53(7,8)45-21-29-57-30-22-45/h9-14,31,42-45,54-57H,15-30,32-36H2,1-8H3. The van der Waals surface area contributed by atoms with Gasteiger partial charge < -0.3 is 40.2 Å². The number of hydrogen-bond donors (Lipinski definition) is 4. The number of hydrogen-bond acceptors (Lipinski definition) is 13. The van der Waals surface area contributed by atoms with E-state index in [4.69, 9.17) is 18.9 Å². The summed E-state index contributed by atoms with van der Waals surface area (Å²) >= 11 is 0. The molecule has 4 aliphatic heterocycles. The normalized spacial score (nSPS) is 19.0. The van der Waals surface area contributed by atoms with Gasteiger partial charge in [0.2, 0.25) is 0 Å². The van der Waals surface area contributed by atoms with Crippen molar-refractivity contribution in [1.29, 1.82) is 0 Å². The van der Waals surface area contributed by atoms with Gasteiger partial charge in [0.05, 0.1) is 25.9 Å². The van der Waals surface area contributed by atoms with E-state index in [2.05, 4.69) is 21.3 Å². The Morgan fingerprint density at radius 1 is 0.455 bits per heavy atom. The highest BCUT2D eigenvalue weighted by molar-refractivity contribution is 5.79. The minimum Gasteiger partial charge on any atom is -0.459 e. The van der Waals surface area contributed by atoms with Crippen molar-refractivity contribution in [3.8, 4) is 11.1 Å². The number of carbonyl (C=O) groups excluding carboxylic acids is 4. The van der Waals surface area contributed by atoms with Gasteiger partial charge in [0, 0.05) is 30.2 Å². The summed E-state index contributed by atoms with van der Waals surface area (Å²) in [6.07, 6.45) is 7.57. The molecule has 0 saturated carbocycles. The van der Waals surface area contributed by atoms with Gasteiger partial charge in [0.25, 0.3) is 0 Å². The zero-order valence-electron chi connectivity index (χ0n) is 41.4. The Kier molecular flexibility index (Phi) is 17.9. The fourth-order valence-electron chi connectivity index (χ4n) is 10.8. The first kappa shape index (κ1) is 51.5. The molecule has 2 aromatic rings. The smallest absolute Gasteiger partial charge is 0.320 e. The van der Waals surface area contributed by atoms with E-state index in [1.807, 2.05) is 103 Å². The number of nitrogens with one attached hydrogen (secondary N) is 4. The fourth-order valence-corrected chi connectivity index (χ4v) is 10.8. The van der Waals surface area contributed by atoms with Gasteiger partial charge >= 0.3 is 23.9 Å². The van der Waals surface area contributed by atoms with Gasteiger partial charge in [-0.1, -0.05) is 42.5 Å². The second kappa shape index (κ2) is 22.9. The number of ether oxygens (including phenoxy) is 4. The number of rotatable bonds is 19. The Morgan fingerprint density at radius 2 is 0.773 bits per heavy atom. The van der Waals surface area contributed by atoms with Crippen LogP contribution >= 0.6 is 0 Å². The Hall–Kier alpha value is -3.88. The molecule has 4 fully saturated rings. The largest absolute Gasteiger partial charge is 0.459 e. The highest BCUT2D eigenvalue weighted by Gasteiger charge is 2.38. The fraction of sp³-hybridized carbons (Fsp3) is 0.698. The highest BCUT2D eigenvalue weighted by Crippen LogP contribution is 2.34. The van der Waals surface area contributed by atoms with E-state index in [-0.39, 0.29) is 73.5 Å². The van der Waals surface area contributed by atoms with E-state index in [9.17, 15) is 19.2 Å². The summed E-state index contributed by atoms with van der Waals surface area (Å²) in [6.45, 7) is 23.3. The molecule has 0 bridgehead atoms. The molecule has 0 aliphatic carbocycles. The van der Waals surface area contributed by atoms with E-state index < -0.39 is 22.4 Å². The third-order valence-corrected chi connectivity index (χ3v) is 15.1. The van der Waals surface area contributed by atoms with Crippen molar-refractivity contribution in [3.63, 3.8) is 0 Å². The minimum atomic E-state index is -0.637. The molecule has 6 rings (SSSR count). The lowest BCUT2D eigenvalue weighted by atomic mass is 9.83. The molecule has 4 heterocycles. The highest BCUT2D eigenvalue weighted by atomic mass is 16.6. The molecule has 0 aromatic heterocycles. The third kappa shape index (κ3) is 14.8. The first-order chi connectivity index (χ1) is 31.3. The molecule has 4 aliphatic rings. The van der Waals surface area contributed by atoms with Crippen molar-refractivity contribution < 1.29 is 38.1 Å². The van der Waals surface area contributed by atoms with Gasteiger partial charge in [0.15, 0.2) is 0 Å². The van der Waals surface area contributed by atoms with Gasteiger partial charge in [-0.3, -0.25) is 24.1 Å². The SMILES string of the molecule is CC(C)(OC(=O)Cc1ccc(-c2ccc(CN(CC(=O)OC(C)(C)C3CCNCC3)CC(=O)OC(C)(C)C3CCNCC3)cc2)cc1CC(=O)OC(C)(C)C1CCNCC1)C1CCNCC1. The van der Waals surface area contributed by atoms with Crippen LogP contribution < -0.4 is 21.3 Å². The molecular weight excluding hydrogens is 835 g/mol.